The molecule has 0 aliphatic heterocycles. The number of hydrogen-bond donors (Lipinski definition) is 1. The lowest BCUT2D eigenvalue weighted by atomic mass is 10.3. The molecule has 0 spiro atoms. The Kier molecular flexibility index (Phi) is 4.60. The van der Waals surface area contributed by atoms with E-state index in [2.05, 4.69) is 0 Å². The number of methoxy groups -OCH3 is 1. The minimum atomic E-state index is -4.92. The molecule has 0 atom stereocenters. The Morgan fingerprint density at radius 3 is 2.17 bits per heavy atom. The van der Waals surface area contributed by atoms with Crippen LogP contribution in [0.25, 0.3) is 0 Å². The summed E-state index contributed by atoms with van der Waals surface area (Å²) in [6, 6.07) is 7.36. The van der Waals surface area contributed by atoms with Gasteiger partial charge in [-0.1, -0.05) is 12.1 Å². The van der Waals surface area contributed by atoms with Crippen molar-refractivity contribution in [2.24, 2.45) is 0 Å². The zero-order valence-corrected chi connectivity index (χ0v) is 13.7. The van der Waals surface area contributed by atoms with Crippen molar-refractivity contribution in [1.82, 2.24) is 0 Å². The second kappa shape index (κ2) is 6.19. The van der Waals surface area contributed by atoms with Gasteiger partial charge in [0.05, 0.1) is 16.9 Å². The monoisotopic (exact) mass is 373 g/mol. The highest BCUT2D eigenvalue weighted by molar-refractivity contribution is 7.93. The van der Waals surface area contributed by atoms with Crippen LogP contribution < -0.4 is 4.74 Å². The molecular formula is C13H11NO8S2. The average molecular weight is 373 g/mol. The zero-order valence-electron chi connectivity index (χ0n) is 12.1. The maximum Gasteiger partial charge on any atom is 0.295 e. The molecule has 0 unspecified atom stereocenters. The molecule has 128 valence electrons. The van der Waals surface area contributed by atoms with Crippen molar-refractivity contribution in [2.75, 3.05) is 7.11 Å². The Balaban J connectivity index is 2.83. The Bertz CT molecular complexity index is 1010. The van der Waals surface area contributed by atoms with Crippen LogP contribution in [0, 0.1) is 10.1 Å². The van der Waals surface area contributed by atoms with E-state index in [1.165, 1.54) is 19.2 Å². The van der Waals surface area contributed by atoms with Gasteiger partial charge in [-0.25, -0.2) is 8.42 Å². The van der Waals surface area contributed by atoms with Gasteiger partial charge in [-0.15, -0.1) is 0 Å². The summed E-state index contributed by atoms with van der Waals surface area (Å²) in [5.41, 5.74) is -0.713. The lowest BCUT2D eigenvalue weighted by molar-refractivity contribution is -0.387. The molecule has 0 heterocycles. The molecule has 11 heteroatoms. The van der Waals surface area contributed by atoms with E-state index >= 15 is 0 Å². The van der Waals surface area contributed by atoms with Crippen molar-refractivity contribution in [2.45, 2.75) is 14.7 Å². The highest BCUT2D eigenvalue weighted by atomic mass is 32.2. The second-order valence-electron chi connectivity index (χ2n) is 4.52. The van der Waals surface area contributed by atoms with Crippen molar-refractivity contribution in [3.8, 4) is 5.75 Å². The van der Waals surface area contributed by atoms with Gasteiger partial charge in [-0.3, -0.25) is 14.7 Å². The van der Waals surface area contributed by atoms with E-state index in [1.54, 1.807) is 0 Å². The summed E-state index contributed by atoms with van der Waals surface area (Å²) in [6.07, 6.45) is 0. The first-order valence-corrected chi connectivity index (χ1v) is 9.15. The summed E-state index contributed by atoms with van der Waals surface area (Å²) in [5.74, 6) is -0.0101. The largest absolute Gasteiger partial charge is 0.497 e. The van der Waals surface area contributed by atoms with Crippen molar-refractivity contribution in [3.63, 3.8) is 0 Å². The van der Waals surface area contributed by atoms with Crippen LogP contribution in [0.5, 0.6) is 5.75 Å². The van der Waals surface area contributed by atoms with E-state index in [0.29, 0.717) is 0 Å². The van der Waals surface area contributed by atoms with Crippen molar-refractivity contribution in [1.29, 1.82) is 0 Å². The van der Waals surface area contributed by atoms with Gasteiger partial charge in [0.1, 0.15) is 15.5 Å². The average Bonchev–Trinajstić information content (AvgIpc) is 2.53. The molecule has 0 bridgehead atoms. The van der Waals surface area contributed by atoms with Gasteiger partial charge in [0, 0.05) is 12.1 Å². The Morgan fingerprint density at radius 1 is 1.00 bits per heavy atom. The van der Waals surface area contributed by atoms with Gasteiger partial charge >= 0.3 is 0 Å². The lowest BCUT2D eigenvalue weighted by Gasteiger charge is -2.10. The zero-order chi connectivity index (χ0) is 18.1. The number of rotatable bonds is 5. The molecule has 0 amide bonds. The van der Waals surface area contributed by atoms with Crippen LogP contribution in [-0.2, 0) is 20.0 Å². The summed E-state index contributed by atoms with van der Waals surface area (Å²) in [5, 5.41) is 11.0. The third kappa shape index (κ3) is 3.22. The van der Waals surface area contributed by atoms with Gasteiger partial charge in [-0.05, 0) is 18.2 Å². The van der Waals surface area contributed by atoms with E-state index in [4.69, 9.17) is 4.74 Å². The van der Waals surface area contributed by atoms with E-state index in [-0.39, 0.29) is 5.75 Å². The highest BCUT2D eigenvalue weighted by Crippen LogP contribution is 2.34. The number of nitrogens with zero attached hydrogens (tertiary/aromatic N) is 1. The molecule has 0 radical (unpaired) electrons. The van der Waals surface area contributed by atoms with Crippen LogP contribution in [0.1, 0.15) is 0 Å². The molecule has 24 heavy (non-hydrogen) atoms. The molecular weight excluding hydrogens is 362 g/mol. The SMILES string of the molecule is COc1ccc(S(=O)(=O)c2ccccc2[N+](=O)[O-])c(S(=O)(=O)O)c1. The minimum absolute atomic E-state index is 0.0101. The van der Waals surface area contributed by atoms with Gasteiger partial charge in [0.25, 0.3) is 15.8 Å². The minimum Gasteiger partial charge on any atom is -0.497 e. The molecule has 0 fully saturated rings. The molecule has 1 N–H and O–H groups in total. The molecule has 2 aromatic rings. The van der Waals surface area contributed by atoms with Crippen LogP contribution in [0.2, 0.25) is 0 Å². The lowest BCUT2D eigenvalue weighted by Crippen LogP contribution is -2.11. The maximum atomic E-state index is 12.7. The Morgan fingerprint density at radius 2 is 1.62 bits per heavy atom. The molecule has 0 aliphatic rings. The number of nitro benzene ring substituents is 1. The molecule has 0 aliphatic carbocycles. The fraction of sp³-hybridized carbons (Fsp3) is 0.0769. The van der Waals surface area contributed by atoms with Crippen molar-refractivity contribution < 1.29 is 31.0 Å². The van der Waals surface area contributed by atoms with Crippen LogP contribution in [0.4, 0.5) is 5.69 Å². The van der Waals surface area contributed by atoms with Gasteiger partial charge in [-0.2, -0.15) is 8.42 Å². The molecule has 0 aromatic heterocycles. The molecule has 0 saturated carbocycles. The second-order valence-corrected chi connectivity index (χ2v) is 7.79. The van der Waals surface area contributed by atoms with Gasteiger partial charge in [0.2, 0.25) is 9.84 Å². The normalized spacial score (nSPS) is 11.9. The van der Waals surface area contributed by atoms with Crippen molar-refractivity contribution >= 4 is 25.6 Å². The van der Waals surface area contributed by atoms with E-state index in [0.717, 1.165) is 30.3 Å². The van der Waals surface area contributed by atoms with Crippen LogP contribution in [0.3, 0.4) is 0 Å². The van der Waals surface area contributed by atoms with Gasteiger partial charge in [0.15, 0.2) is 0 Å². The first-order chi connectivity index (χ1) is 11.1. The molecule has 9 nitrogen and oxygen atoms in total. The van der Waals surface area contributed by atoms with Crippen LogP contribution >= 0.6 is 0 Å². The fourth-order valence-corrected chi connectivity index (χ4v) is 4.71. The van der Waals surface area contributed by atoms with Gasteiger partial charge < -0.3 is 4.74 Å². The fourth-order valence-electron chi connectivity index (χ4n) is 1.99. The third-order valence-electron chi connectivity index (χ3n) is 3.07. The first kappa shape index (κ1) is 17.8. The molecule has 0 saturated heterocycles. The predicted octanol–water partition coefficient (Wildman–Crippen LogP) is 1.68. The van der Waals surface area contributed by atoms with E-state index in [1.807, 2.05) is 0 Å². The quantitative estimate of drug-likeness (QED) is 0.474. The van der Waals surface area contributed by atoms with Crippen molar-refractivity contribution in [3.05, 3.63) is 52.6 Å². The first-order valence-electron chi connectivity index (χ1n) is 6.23. The highest BCUT2D eigenvalue weighted by Gasteiger charge is 2.32. The standard InChI is InChI=1S/C13H11NO8S2/c1-22-9-6-7-12(13(8-9)24(19,20)21)23(17,18)11-5-3-2-4-10(11)14(15)16/h2-8H,1H3,(H,19,20,21). The third-order valence-corrected chi connectivity index (χ3v) is 5.95. The predicted molar refractivity (Wildman–Crippen MR) is 81.4 cm³/mol. The maximum absolute atomic E-state index is 12.7. The van der Waals surface area contributed by atoms with E-state index in [9.17, 15) is 31.5 Å². The number of benzene rings is 2. The molecule has 2 aromatic carbocycles. The summed E-state index contributed by atoms with van der Waals surface area (Å²) in [7, 11) is -8.29. The smallest absolute Gasteiger partial charge is 0.295 e. The van der Waals surface area contributed by atoms with Crippen LogP contribution in [-0.4, -0.2) is 33.4 Å². The Labute approximate surface area is 137 Å². The Hall–Kier alpha value is -2.50. The summed E-state index contributed by atoms with van der Waals surface area (Å²) in [4.78, 5) is 7.72. The number of hydrogen-bond acceptors (Lipinski definition) is 7. The summed E-state index contributed by atoms with van der Waals surface area (Å²) in [6.45, 7) is 0. The summed E-state index contributed by atoms with van der Waals surface area (Å²) < 4.78 is 62.6. The topological polar surface area (TPSA) is 141 Å². The number of ether oxygens (including phenoxy) is 1. The summed E-state index contributed by atoms with van der Waals surface area (Å²) >= 11 is 0. The number of sulfone groups is 1. The van der Waals surface area contributed by atoms with Crippen LogP contribution in [0.15, 0.2) is 57.2 Å². The number of nitro groups is 1. The molecule has 2 rings (SSSR count). The van der Waals surface area contributed by atoms with E-state index < -0.39 is 45.3 Å². The number of para-hydroxylation sites is 1.